The monoisotopic (exact) mass is 288 g/mol. The van der Waals surface area contributed by atoms with Crippen molar-refractivity contribution < 1.29 is 19.1 Å². The van der Waals surface area contributed by atoms with E-state index < -0.39 is 12.1 Å². The van der Waals surface area contributed by atoms with Crippen molar-refractivity contribution in [2.75, 3.05) is 13.2 Å². The second kappa shape index (κ2) is 11.7. The van der Waals surface area contributed by atoms with E-state index in [-0.39, 0.29) is 11.9 Å². The van der Waals surface area contributed by atoms with Gasteiger partial charge in [0.25, 0.3) is 0 Å². The second-order valence-electron chi connectivity index (χ2n) is 5.03. The first-order valence-corrected chi connectivity index (χ1v) is 7.29. The highest BCUT2D eigenvalue weighted by Gasteiger charge is 2.08. The highest BCUT2D eigenvalue weighted by atomic mass is 16.5. The summed E-state index contributed by atoms with van der Waals surface area (Å²) in [6.07, 6.45) is 5.92. The Morgan fingerprint density at radius 3 is 1.35 bits per heavy atom. The quantitative estimate of drug-likeness (QED) is 0.436. The molecule has 2 atom stereocenters. The van der Waals surface area contributed by atoms with Gasteiger partial charge in [-0.3, -0.25) is 9.59 Å². The van der Waals surface area contributed by atoms with Gasteiger partial charge in [-0.15, -0.1) is 0 Å². The number of nitrogens with two attached hydrogens (primary N) is 2. The number of unbranched alkanes of at least 4 members (excludes halogenated alkanes) is 5. The minimum atomic E-state index is -0.547. The van der Waals surface area contributed by atoms with Crippen LogP contribution in [0.2, 0.25) is 0 Å². The average Bonchev–Trinajstić information content (AvgIpc) is 2.39. The third kappa shape index (κ3) is 10.8. The van der Waals surface area contributed by atoms with Crippen molar-refractivity contribution in [1.29, 1.82) is 0 Å². The first-order chi connectivity index (χ1) is 9.45. The van der Waals surface area contributed by atoms with Crippen LogP contribution in [0.4, 0.5) is 0 Å². The van der Waals surface area contributed by atoms with Crippen molar-refractivity contribution in [1.82, 2.24) is 0 Å². The average molecular weight is 288 g/mol. The van der Waals surface area contributed by atoms with Gasteiger partial charge in [0.2, 0.25) is 0 Å². The Labute approximate surface area is 121 Å². The number of ether oxygens (including phenoxy) is 2. The lowest BCUT2D eigenvalue weighted by molar-refractivity contribution is -0.145. The molecule has 4 N–H and O–H groups in total. The summed E-state index contributed by atoms with van der Waals surface area (Å²) in [4.78, 5) is 22.1. The van der Waals surface area contributed by atoms with Gasteiger partial charge in [0, 0.05) is 0 Å². The predicted octanol–water partition coefficient (Wildman–Crippen LogP) is 1.11. The van der Waals surface area contributed by atoms with Crippen molar-refractivity contribution in [2.45, 2.75) is 64.5 Å². The van der Waals surface area contributed by atoms with Gasteiger partial charge < -0.3 is 20.9 Å². The van der Waals surface area contributed by atoms with Crippen molar-refractivity contribution in [3.63, 3.8) is 0 Å². The molecule has 0 fully saturated rings. The smallest absolute Gasteiger partial charge is 0.322 e. The summed E-state index contributed by atoms with van der Waals surface area (Å²) in [6.45, 7) is 4.10. The first-order valence-electron chi connectivity index (χ1n) is 7.29. The molecule has 6 nitrogen and oxygen atoms in total. The molecule has 0 saturated heterocycles. The van der Waals surface area contributed by atoms with Crippen LogP contribution in [0.1, 0.15) is 52.4 Å². The molecule has 0 unspecified atom stereocenters. The van der Waals surface area contributed by atoms with Crippen LogP contribution in [-0.2, 0) is 19.1 Å². The number of carbonyl (C=O) groups is 2. The maximum absolute atomic E-state index is 11.1. The summed E-state index contributed by atoms with van der Waals surface area (Å²) >= 11 is 0. The van der Waals surface area contributed by atoms with Crippen LogP contribution in [0, 0.1) is 0 Å². The Hall–Kier alpha value is -1.14. The van der Waals surface area contributed by atoms with Crippen LogP contribution < -0.4 is 11.5 Å². The maximum atomic E-state index is 11.1. The Kier molecular flexibility index (Phi) is 11.0. The molecule has 0 aliphatic heterocycles. The Balaban J connectivity index is 3.21. The number of hydrogen-bond donors (Lipinski definition) is 2. The SMILES string of the molecule is C[C@H](N)C(=O)OCCCCCCCCOC(=O)[C@H](C)N. The summed E-state index contributed by atoms with van der Waals surface area (Å²) in [7, 11) is 0. The van der Waals surface area contributed by atoms with Crippen LogP contribution in [0.25, 0.3) is 0 Å². The van der Waals surface area contributed by atoms with Crippen LogP contribution in [0.5, 0.6) is 0 Å². The molecule has 0 aromatic carbocycles. The maximum Gasteiger partial charge on any atom is 0.322 e. The van der Waals surface area contributed by atoms with E-state index in [0.717, 1.165) is 38.5 Å². The highest BCUT2D eigenvalue weighted by Crippen LogP contribution is 2.06. The number of esters is 2. The lowest BCUT2D eigenvalue weighted by Crippen LogP contribution is -2.29. The standard InChI is InChI=1S/C14H28N2O4/c1-11(15)13(17)19-9-7-5-3-4-6-8-10-20-14(18)12(2)16/h11-12H,3-10,15-16H2,1-2H3/t11-,12-/m0/s1. The fourth-order valence-electron chi connectivity index (χ4n) is 1.52. The van der Waals surface area contributed by atoms with E-state index >= 15 is 0 Å². The second-order valence-corrected chi connectivity index (χ2v) is 5.03. The lowest BCUT2D eigenvalue weighted by Gasteiger charge is -2.07. The van der Waals surface area contributed by atoms with E-state index in [1.54, 1.807) is 13.8 Å². The molecule has 0 rings (SSSR count). The fraction of sp³-hybridized carbons (Fsp3) is 0.857. The van der Waals surface area contributed by atoms with Crippen LogP contribution in [0.3, 0.4) is 0 Å². The van der Waals surface area contributed by atoms with Gasteiger partial charge in [0.15, 0.2) is 0 Å². The predicted molar refractivity (Wildman–Crippen MR) is 76.9 cm³/mol. The highest BCUT2D eigenvalue weighted by molar-refractivity contribution is 5.75. The summed E-state index contributed by atoms with van der Waals surface area (Å²) in [5, 5.41) is 0. The zero-order valence-corrected chi connectivity index (χ0v) is 12.6. The zero-order chi connectivity index (χ0) is 15.4. The molecule has 0 aromatic rings. The van der Waals surface area contributed by atoms with Crippen molar-refractivity contribution in [3.05, 3.63) is 0 Å². The van der Waals surface area contributed by atoms with Crippen LogP contribution in [-0.4, -0.2) is 37.2 Å². The van der Waals surface area contributed by atoms with Crippen molar-refractivity contribution >= 4 is 11.9 Å². The van der Waals surface area contributed by atoms with E-state index in [4.69, 9.17) is 20.9 Å². The minimum Gasteiger partial charge on any atom is -0.465 e. The normalized spacial score (nSPS) is 13.6. The number of rotatable bonds is 11. The topological polar surface area (TPSA) is 105 Å². The van der Waals surface area contributed by atoms with E-state index in [0.29, 0.717) is 13.2 Å². The Morgan fingerprint density at radius 1 is 0.750 bits per heavy atom. The van der Waals surface area contributed by atoms with Crippen LogP contribution in [0.15, 0.2) is 0 Å². The molecule has 0 radical (unpaired) electrons. The van der Waals surface area contributed by atoms with Gasteiger partial charge in [-0.05, 0) is 26.7 Å². The third-order valence-corrected chi connectivity index (χ3v) is 2.77. The van der Waals surface area contributed by atoms with Crippen LogP contribution >= 0.6 is 0 Å². The third-order valence-electron chi connectivity index (χ3n) is 2.77. The Morgan fingerprint density at radius 2 is 1.05 bits per heavy atom. The van der Waals surface area contributed by atoms with E-state index in [1.165, 1.54) is 0 Å². The van der Waals surface area contributed by atoms with E-state index in [2.05, 4.69) is 0 Å². The molecule has 0 amide bonds. The summed E-state index contributed by atoms with van der Waals surface area (Å²) in [6, 6.07) is -1.09. The van der Waals surface area contributed by atoms with Gasteiger partial charge in [-0.25, -0.2) is 0 Å². The minimum absolute atomic E-state index is 0.346. The number of carbonyl (C=O) groups excluding carboxylic acids is 2. The molecular weight excluding hydrogens is 260 g/mol. The van der Waals surface area contributed by atoms with E-state index in [1.807, 2.05) is 0 Å². The van der Waals surface area contributed by atoms with Gasteiger partial charge in [-0.1, -0.05) is 25.7 Å². The molecule has 118 valence electrons. The largest absolute Gasteiger partial charge is 0.465 e. The van der Waals surface area contributed by atoms with Gasteiger partial charge in [-0.2, -0.15) is 0 Å². The van der Waals surface area contributed by atoms with Crippen molar-refractivity contribution in [3.8, 4) is 0 Å². The number of hydrogen-bond acceptors (Lipinski definition) is 6. The first kappa shape index (κ1) is 18.9. The molecule has 0 saturated carbocycles. The fourth-order valence-corrected chi connectivity index (χ4v) is 1.52. The van der Waals surface area contributed by atoms with E-state index in [9.17, 15) is 9.59 Å². The Bertz CT molecular complexity index is 252. The summed E-state index contributed by atoms with van der Waals surface area (Å²) < 4.78 is 9.93. The lowest BCUT2D eigenvalue weighted by atomic mass is 10.1. The zero-order valence-electron chi connectivity index (χ0n) is 12.6. The van der Waals surface area contributed by atoms with Gasteiger partial charge in [0.1, 0.15) is 12.1 Å². The molecule has 0 aromatic heterocycles. The molecular formula is C14H28N2O4. The van der Waals surface area contributed by atoms with Gasteiger partial charge in [0.05, 0.1) is 13.2 Å². The molecule has 0 heterocycles. The summed E-state index contributed by atoms with van der Waals surface area (Å²) in [5.74, 6) is -0.693. The molecule has 0 bridgehead atoms. The molecule has 0 spiro atoms. The molecule has 0 aliphatic rings. The molecule has 20 heavy (non-hydrogen) atoms. The summed E-state index contributed by atoms with van der Waals surface area (Å²) in [5.41, 5.74) is 10.7. The van der Waals surface area contributed by atoms with Gasteiger partial charge >= 0.3 is 11.9 Å². The van der Waals surface area contributed by atoms with Crippen molar-refractivity contribution in [2.24, 2.45) is 11.5 Å². The molecule has 0 aliphatic carbocycles. The molecule has 6 heteroatoms.